The van der Waals surface area contributed by atoms with E-state index in [-0.39, 0.29) is 18.1 Å². The molecule has 0 heterocycles. The molecule has 116 valence electrons. The van der Waals surface area contributed by atoms with E-state index in [1.165, 1.54) is 6.08 Å². The zero-order valence-corrected chi connectivity index (χ0v) is 13.0. The summed E-state index contributed by atoms with van der Waals surface area (Å²) in [6.45, 7) is 4.09. The van der Waals surface area contributed by atoms with Crippen molar-refractivity contribution >= 4 is 11.5 Å². The second-order valence-corrected chi connectivity index (χ2v) is 5.62. The van der Waals surface area contributed by atoms with E-state index in [0.717, 1.165) is 30.4 Å². The molecule has 0 aliphatic heterocycles. The molecule has 4 nitrogen and oxygen atoms in total. The first kappa shape index (κ1) is 17.2. The van der Waals surface area contributed by atoms with Crippen LogP contribution >= 0.6 is 0 Å². The average molecular weight is 291 g/mol. The monoisotopic (exact) mass is 291 g/mol. The summed E-state index contributed by atoms with van der Waals surface area (Å²) >= 11 is 0. The van der Waals surface area contributed by atoms with Crippen LogP contribution in [0, 0.1) is 5.92 Å². The molecule has 21 heavy (non-hydrogen) atoms. The first-order chi connectivity index (χ1) is 9.93. The highest BCUT2D eigenvalue weighted by atomic mass is 16.5. The molecule has 0 saturated heterocycles. The van der Waals surface area contributed by atoms with Crippen LogP contribution in [0.2, 0.25) is 0 Å². The van der Waals surface area contributed by atoms with Gasteiger partial charge in [-0.1, -0.05) is 26.0 Å². The third-order valence-electron chi connectivity index (χ3n) is 4.01. The number of aliphatic hydroxyl groups excluding tert-OH is 1. The van der Waals surface area contributed by atoms with Crippen molar-refractivity contribution in [2.24, 2.45) is 5.92 Å². The fourth-order valence-corrected chi connectivity index (χ4v) is 2.47. The number of nitrogens with two attached hydrogens (primary N) is 1. The Morgan fingerprint density at radius 3 is 2.48 bits per heavy atom. The zero-order chi connectivity index (χ0) is 15.9. The van der Waals surface area contributed by atoms with Crippen molar-refractivity contribution in [3.05, 3.63) is 42.2 Å². The van der Waals surface area contributed by atoms with E-state index in [2.05, 4.69) is 0 Å². The number of anilines is 1. The lowest BCUT2D eigenvalue weighted by atomic mass is 9.80. The Bertz CT molecular complexity index is 479. The summed E-state index contributed by atoms with van der Waals surface area (Å²) in [6.07, 6.45) is 3.76. The van der Waals surface area contributed by atoms with Crippen molar-refractivity contribution in [3.63, 3.8) is 0 Å². The lowest BCUT2D eigenvalue weighted by molar-refractivity contribution is -0.125. The van der Waals surface area contributed by atoms with Gasteiger partial charge in [-0.25, -0.2) is 0 Å². The van der Waals surface area contributed by atoms with Gasteiger partial charge in [0.2, 0.25) is 0 Å². The van der Waals surface area contributed by atoms with Crippen LogP contribution in [0.4, 0.5) is 5.69 Å². The Kier molecular flexibility index (Phi) is 6.43. The van der Waals surface area contributed by atoms with Gasteiger partial charge in [0.25, 0.3) is 0 Å². The highest BCUT2D eigenvalue weighted by Crippen LogP contribution is 2.31. The Balaban J connectivity index is 2.82. The molecule has 0 fully saturated rings. The van der Waals surface area contributed by atoms with Gasteiger partial charge in [-0.2, -0.15) is 0 Å². The number of allylic oxidation sites excluding steroid dienone is 1. The number of ether oxygens (including phenoxy) is 1. The highest BCUT2D eigenvalue weighted by molar-refractivity contribution is 5.90. The predicted molar refractivity (Wildman–Crippen MR) is 85.1 cm³/mol. The first-order valence-electron chi connectivity index (χ1n) is 7.16. The second kappa shape index (κ2) is 7.84. The lowest BCUT2D eigenvalue weighted by Crippen LogP contribution is -2.40. The number of carbonyl (C=O) groups excluding carboxylic acids is 1. The molecule has 0 amide bonds. The SMILES string of the molecule is COC(CCc1ccc(N)cc1)(CC(=O)/C=C/O)C(C)C. The zero-order valence-electron chi connectivity index (χ0n) is 13.0. The molecule has 1 unspecified atom stereocenters. The third kappa shape index (κ3) is 4.90. The predicted octanol–water partition coefficient (Wildman–Crippen LogP) is 3.27. The van der Waals surface area contributed by atoms with Gasteiger partial charge in [0.15, 0.2) is 5.78 Å². The molecule has 1 atom stereocenters. The normalized spacial score (nSPS) is 14.5. The fraction of sp³-hybridized carbons (Fsp3) is 0.471. The molecule has 0 bridgehead atoms. The number of methoxy groups -OCH3 is 1. The van der Waals surface area contributed by atoms with Crippen molar-refractivity contribution in [2.75, 3.05) is 12.8 Å². The minimum atomic E-state index is -0.530. The topological polar surface area (TPSA) is 72.5 Å². The molecule has 1 aromatic rings. The molecular weight excluding hydrogens is 266 g/mol. The van der Waals surface area contributed by atoms with Crippen molar-refractivity contribution in [1.82, 2.24) is 0 Å². The number of nitrogen functional groups attached to an aromatic ring is 1. The summed E-state index contributed by atoms with van der Waals surface area (Å²) in [6, 6.07) is 7.73. The van der Waals surface area contributed by atoms with E-state index < -0.39 is 5.60 Å². The molecule has 0 aliphatic rings. The van der Waals surface area contributed by atoms with Crippen LogP contribution in [0.25, 0.3) is 0 Å². The van der Waals surface area contributed by atoms with E-state index in [4.69, 9.17) is 15.6 Å². The number of ketones is 1. The van der Waals surface area contributed by atoms with Crippen LogP contribution in [0.3, 0.4) is 0 Å². The van der Waals surface area contributed by atoms with Crippen molar-refractivity contribution in [2.45, 2.75) is 38.7 Å². The van der Waals surface area contributed by atoms with Crippen LogP contribution in [0.15, 0.2) is 36.6 Å². The Morgan fingerprint density at radius 2 is 2.00 bits per heavy atom. The number of aryl methyl sites for hydroxylation is 1. The Labute approximate surface area is 126 Å². The van der Waals surface area contributed by atoms with Gasteiger partial charge in [-0.3, -0.25) is 4.79 Å². The quantitative estimate of drug-likeness (QED) is 0.438. The maximum atomic E-state index is 11.8. The Morgan fingerprint density at radius 1 is 1.38 bits per heavy atom. The molecule has 0 radical (unpaired) electrons. The summed E-state index contributed by atoms with van der Waals surface area (Å²) in [5.74, 6) is 0.0534. The number of benzene rings is 1. The van der Waals surface area contributed by atoms with Crippen LogP contribution in [0.5, 0.6) is 0 Å². The number of hydrogen-bond donors (Lipinski definition) is 2. The van der Waals surface area contributed by atoms with Crippen LogP contribution < -0.4 is 5.73 Å². The van der Waals surface area contributed by atoms with Crippen LogP contribution in [-0.2, 0) is 16.0 Å². The molecular formula is C17H25NO3. The van der Waals surface area contributed by atoms with Gasteiger partial charge in [0.05, 0.1) is 11.9 Å². The number of aliphatic hydroxyl groups is 1. The summed E-state index contributed by atoms with van der Waals surface area (Å²) in [4.78, 5) is 11.8. The van der Waals surface area contributed by atoms with E-state index in [1.807, 2.05) is 38.1 Å². The maximum absolute atomic E-state index is 11.8. The largest absolute Gasteiger partial charge is 0.515 e. The van der Waals surface area contributed by atoms with E-state index in [9.17, 15) is 4.79 Å². The van der Waals surface area contributed by atoms with E-state index >= 15 is 0 Å². The van der Waals surface area contributed by atoms with Gasteiger partial charge in [-0.05, 0) is 36.5 Å². The maximum Gasteiger partial charge on any atom is 0.161 e. The smallest absolute Gasteiger partial charge is 0.161 e. The van der Waals surface area contributed by atoms with E-state index in [1.54, 1.807) is 7.11 Å². The summed E-state index contributed by atoms with van der Waals surface area (Å²) < 4.78 is 5.70. The number of carbonyl (C=O) groups is 1. The van der Waals surface area contributed by atoms with Crippen molar-refractivity contribution in [1.29, 1.82) is 0 Å². The molecule has 0 aliphatic carbocycles. The van der Waals surface area contributed by atoms with Crippen LogP contribution in [0.1, 0.15) is 32.3 Å². The number of hydrogen-bond acceptors (Lipinski definition) is 4. The molecule has 0 aromatic heterocycles. The average Bonchev–Trinajstić information content (AvgIpc) is 2.45. The minimum Gasteiger partial charge on any atom is -0.515 e. The lowest BCUT2D eigenvalue weighted by Gasteiger charge is -2.36. The van der Waals surface area contributed by atoms with Gasteiger partial charge in [-0.15, -0.1) is 0 Å². The summed E-state index contributed by atoms with van der Waals surface area (Å²) in [5.41, 5.74) is 7.05. The third-order valence-corrected chi connectivity index (χ3v) is 4.01. The highest BCUT2D eigenvalue weighted by Gasteiger charge is 2.35. The van der Waals surface area contributed by atoms with Gasteiger partial charge in [0.1, 0.15) is 0 Å². The second-order valence-electron chi connectivity index (χ2n) is 5.62. The summed E-state index contributed by atoms with van der Waals surface area (Å²) in [5, 5.41) is 8.72. The van der Waals surface area contributed by atoms with Crippen molar-refractivity contribution in [3.8, 4) is 0 Å². The number of rotatable bonds is 8. The van der Waals surface area contributed by atoms with Gasteiger partial charge < -0.3 is 15.6 Å². The molecule has 1 rings (SSSR count). The standard InChI is InChI=1S/C17H25NO3/c1-13(2)17(21-3,12-16(20)9-11-19)10-8-14-4-6-15(18)7-5-14/h4-7,9,11,13,19H,8,10,12,18H2,1-3H3/b11-9+. The molecule has 3 N–H and O–H groups in total. The summed E-state index contributed by atoms with van der Waals surface area (Å²) in [7, 11) is 1.64. The molecule has 0 spiro atoms. The fourth-order valence-electron chi connectivity index (χ4n) is 2.47. The molecule has 4 heteroatoms. The van der Waals surface area contributed by atoms with Crippen molar-refractivity contribution < 1.29 is 14.6 Å². The molecule has 0 saturated carbocycles. The Hall–Kier alpha value is -1.81. The van der Waals surface area contributed by atoms with E-state index in [0.29, 0.717) is 0 Å². The molecule has 1 aromatic carbocycles. The van der Waals surface area contributed by atoms with Crippen LogP contribution in [-0.4, -0.2) is 23.6 Å². The first-order valence-corrected chi connectivity index (χ1v) is 7.16. The van der Waals surface area contributed by atoms with Gasteiger partial charge in [0, 0.05) is 25.3 Å². The van der Waals surface area contributed by atoms with Gasteiger partial charge >= 0.3 is 0 Å². The minimum absolute atomic E-state index is 0.134.